The van der Waals surface area contributed by atoms with Crippen molar-refractivity contribution in [2.45, 2.75) is 13.3 Å². The van der Waals surface area contributed by atoms with Crippen molar-refractivity contribution in [2.75, 3.05) is 25.0 Å². The van der Waals surface area contributed by atoms with E-state index in [1.807, 2.05) is 18.2 Å². The molecular weight excluding hydrogens is 282 g/mol. The minimum atomic E-state index is -0.424. The number of carbonyl (C=O) groups is 1. The van der Waals surface area contributed by atoms with Crippen molar-refractivity contribution in [3.05, 3.63) is 28.2 Å². The summed E-state index contributed by atoms with van der Waals surface area (Å²) < 4.78 is 0.724. The highest BCUT2D eigenvalue weighted by Crippen LogP contribution is 2.24. The fraction of sp³-hybridized carbons (Fsp3) is 0.417. The third-order valence-electron chi connectivity index (χ3n) is 2.36. The van der Waals surface area contributed by atoms with Gasteiger partial charge >= 0.3 is 0 Å². The highest BCUT2D eigenvalue weighted by Gasteiger charge is 2.11. The molecule has 0 atom stereocenters. The summed E-state index contributed by atoms with van der Waals surface area (Å²) in [7, 11) is 0. The topological polar surface area (TPSA) is 67.2 Å². The fourth-order valence-corrected chi connectivity index (χ4v) is 2.10. The number of amides is 1. The maximum Gasteiger partial charge on any atom is 0.251 e. The van der Waals surface area contributed by atoms with Gasteiger partial charge in [-0.25, -0.2) is 0 Å². The molecule has 0 unspecified atom stereocenters. The van der Waals surface area contributed by atoms with Gasteiger partial charge in [-0.2, -0.15) is 0 Å². The average Bonchev–Trinajstić information content (AvgIpc) is 2.28. The van der Waals surface area contributed by atoms with Crippen LogP contribution in [0, 0.1) is 0 Å². The van der Waals surface area contributed by atoms with E-state index in [-0.39, 0.29) is 0 Å². The molecule has 1 aromatic rings. The first kappa shape index (κ1) is 14.0. The lowest BCUT2D eigenvalue weighted by atomic mass is 10.1. The highest BCUT2D eigenvalue weighted by atomic mass is 79.9. The predicted molar refractivity (Wildman–Crippen MR) is 74.3 cm³/mol. The summed E-state index contributed by atoms with van der Waals surface area (Å²) in [6, 6.07) is 5.55. The molecule has 5 heteroatoms. The second-order valence-electron chi connectivity index (χ2n) is 3.66. The SMILES string of the molecule is CCNCCCNc1cccc(Br)c1C(N)=O. The van der Waals surface area contributed by atoms with E-state index in [1.165, 1.54) is 0 Å². The van der Waals surface area contributed by atoms with E-state index in [4.69, 9.17) is 5.73 Å². The zero-order chi connectivity index (χ0) is 12.7. The van der Waals surface area contributed by atoms with Crippen LogP contribution < -0.4 is 16.4 Å². The Kier molecular flexibility index (Phi) is 6.00. The van der Waals surface area contributed by atoms with Gasteiger partial charge in [-0.05, 0) is 47.6 Å². The standard InChI is InChI=1S/C12H18BrN3O/c1-2-15-7-4-8-16-10-6-3-5-9(13)11(10)12(14)17/h3,5-6,15-16H,2,4,7-8H2,1H3,(H2,14,17). The number of nitrogens with two attached hydrogens (primary N) is 1. The molecule has 4 nitrogen and oxygen atoms in total. The second kappa shape index (κ2) is 7.29. The van der Waals surface area contributed by atoms with Gasteiger partial charge in [-0.3, -0.25) is 4.79 Å². The lowest BCUT2D eigenvalue weighted by molar-refractivity contribution is 0.100. The third kappa shape index (κ3) is 4.36. The first-order valence-corrected chi connectivity index (χ1v) is 6.49. The molecule has 0 aliphatic carbocycles. The zero-order valence-electron chi connectivity index (χ0n) is 9.92. The molecular formula is C12H18BrN3O. The molecule has 0 aliphatic heterocycles. The third-order valence-corrected chi connectivity index (χ3v) is 3.02. The maximum absolute atomic E-state index is 11.3. The van der Waals surface area contributed by atoms with Gasteiger partial charge in [0.15, 0.2) is 0 Å². The largest absolute Gasteiger partial charge is 0.384 e. The number of nitrogens with one attached hydrogen (secondary N) is 2. The molecule has 0 saturated heterocycles. The number of hydrogen-bond donors (Lipinski definition) is 3. The summed E-state index contributed by atoms with van der Waals surface area (Å²) in [4.78, 5) is 11.3. The summed E-state index contributed by atoms with van der Waals surface area (Å²) >= 11 is 3.33. The van der Waals surface area contributed by atoms with Crippen LogP contribution in [0.1, 0.15) is 23.7 Å². The molecule has 1 amide bonds. The lowest BCUT2D eigenvalue weighted by Crippen LogP contribution is -2.19. The summed E-state index contributed by atoms with van der Waals surface area (Å²) in [5.74, 6) is -0.424. The summed E-state index contributed by atoms with van der Waals surface area (Å²) in [5, 5.41) is 6.47. The van der Waals surface area contributed by atoms with Crippen molar-refractivity contribution in [3.63, 3.8) is 0 Å². The van der Waals surface area contributed by atoms with Gasteiger partial charge in [0.25, 0.3) is 5.91 Å². The van der Waals surface area contributed by atoms with Gasteiger partial charge in [0.05, 0.1) is 5.56 Å². The van der Waals surface area contributed by atoms with Crippen LogP contribution in [0.25, 0.3) is 0 Å². The van der Waals surface area contributed by atoms with Crippen LogP contribution in [-0.2, 0) is 0 Å². The van der Waals surface area contributed by atoms with E-state index in [9.17, 15) is 4.79 Å². The zero-order valence-corrected chi connectivity index (χ0v) is 11.5. The van der Waals surface area contributed by atoms with Crippen molar-refractivity contribution in [3.8, 4) is 0 Å². The van der Waals surface area contributed by atoms with Crippen molar-refractivity contribution in [1.82, 2.24) is 5.32 Å². The van der Waals surface area contributed by atoms with Crippen LogP contribution in [0.5, 0.6) is 0 Å². The smallest absolute Gasteiger partial charge is 0.251 e. The van der Waals surface area contributed by atoms with Crippen molar-refractivity contribution < 1.29 is 4.79 Å². The Morgan fingerprint density at radius 2 is 2.18 bits per heavy atom. The van der Waals surface area contributed by atoms with Crippen molar-refractivity contribution in [2.24, 2.45) is 5.73 Å². The average molecular weight is 300 g/mol. The Morgan fingerprint density at radius 3 is 2.82 bits per heavy atom. The predicted octanol–water partition coefficient (Wildman–Crippen LogP) is 1.96. The molecule has 94 valence electrons. The first-order valence-electron chi connectivity index (χ1n) is 5.69. The Hall–Kier alpha value is -1.07. The molecule has 0 spiro atoms. The quantitative estimate of drug-likeness (QED) is 0.674. The molecule has 0 fully saturated rings. The molecule has 1 aromatic carbocycles. The van der Waals surface area contributed by atoms with E-state index in [2.05, 4.69) is 33.5 Å². The number of benzene rings is 1. The van der Waals surface area contributed by atoms with Crippen molar-refractivity contribution in [1.29, 1.82) is 0 Å². The van der Waals surface area contributed by atoms with Crippen LogP contribution in [0.3, 0.4) is 0 Å². The van der Waals surface area contributed by atoms with Crippen LogP contribution in [0.4, 0.5) is 5.69 Å². The Morgan fingerprint density at radius 1 is 1.41 bits per heavy atom. The minimum Gasteiger partial charge on any atom is -0.384 e. The lowest BCUT2D eigenvalue weighted by Gasteiger charge is -2.11. The van der Waals surface area contributed by atoms with Gasteiger partial charge in [-0.1, -0.05) is 13.0 Å². The Balaban J connectivity index is 2.58. The van der Waals surface area contributed by atoms with Crippen LogP contribution in [0.15, 0.2) is 22.7 Å². The number of hydrogen-bond acceptors (Lipinski definition) is 3. The molecule has 17 heavy (non-hydrogen) atoms. The first-order chi connectivity index (χ1) is 8.16. The van der Waals surface area contributed by atoms with Gasteiger partial charge in [0.2, 0.25) is 0 Å². The van der Waals surface area contributed by atoms with E-state index in [1.54, 1.807) is 0 Å². The number of halogens is 1. The molecule has 0 aliphatic rings. The Labute approximate surface area is 110 Å². The number of carbonyl (C=O) groups excluding carboxylic acids is 1. The van der Waals surface area contributed by atoms with E-state index >= 15 is 0 Å². The number of rotatable bonds is 7. The van der Waals surface area contributed by atoms with Gasteiger partial charge in [0, 0.05) is 16.7 Å². The molecule has 4 N–H and O–H groups in total. The van der Waals surface area contributed by atoms with E-state index in [0.717, 1.165) is 36.2 Å². The minimum absolute atomic E-state index is 0.424. The van der Waals surface area contributed by atoms with E-state index in [0.29, 0.717) is 5.56 Å². The monoisotopic (exact) mass is 299 g/mol. The van der Waals surface area contributed by atoms with E-state index < -0.39 is 5.91 Å². The number of anilines is 1. The molecule has 0 radical (unpaired) electrons. The maximum atomic E-state index is 11.3. The van der Waals surface area contributed by atoms with Crippen LogP contribution in [0.2, 0.25) is 0 Å². The van der Waals surface area contributed by atoms with Gasteiger partial charge in [-0.15, -0.1) is 0 Å². The highest BCUT2D eigenvalue weighted by molar-refractivity contribution is 9.10. The summed E-state index contributed by atoms with van der Waals surface area (Å²) in [6.07, 6.45) is 0.999. The fourth-order valence-electron chi connectivity index (χ4n) is 1.54. The van der Waals surface area contributed by atoms with Gasteiger partial charge in [0.1, 0.15) is 0 Å². The Bertz CT molecular complexity index is 382. The van der Waals surface area contributed by atoms with Gasteiger partial charge < -0.3 is 16.4 Å². The molecule has 1 rings (SSSR count). The van der Waals surface area contributed by atoms with Crippen LogP contribution >= 0.6 is 15.9 Å². The molecule has 0 aromatic heterocycles. The molecule has 0 bridgehead atoms. The summed E-state index contributed by atoms with van der Waals surface area (Å²) in [6.45, 7) is 4.82. The second-order valence-corrected chi connectivity index (χ2v) is 4.51. The molecule has 0 heterocycles. The summed E-state index contributed by atoms with van der Waals surface area (Å²) in [5.41, 5.74) is 6.64. The van der Waals surface area contributed by atoms with Crippen LogP contribution in [-0.4, -0.2) is 25.5 Å². The number of primary amides is 1. The molecule has 0 saturated carbocycles. The normalized spacial score (nSPS) is 10.2. The van der Waals surface area contributed by atoms with Crippen molar-refractivity contribution >= 4 is 27.5 Å².